The number of rotatable bonds is 33. The van der Waals surface area contributed by atoms with E-state index in [1.165, 1.54) is 0 Å². The molecule has 4 fully saturated rings. The predicted molar refractivity (Wildman–Crippen MR) is 234 cm³/mol. The van der Waals surface area contributed by atoms with Crippen LogP contribution in [0.25, 0.3) is 0 Å². The summed E-state index contributed by atoms with van der Waals surface area (Å²) in [5, 5.41) is 0. The molecule has 0 aliphatic carbocycles. The van der Waals surface area contributed by atoms with Gasteiger partial charge in [0.25, 0.3) is 35.8 Å². The largest absolute Gasteiger partial charge is 0.297 e. The number of hydrogen-bond acceptors (Lipinski definition) is 11. The maximum absolute atomic E-state index is 7.53. The van der Waals surface area contributed by atoms with Crippen LogP contribution in [0.2, 0.25) is 0 Å². The molecule has 4 aliphatic heterocycles. The minimum absolute atomic E-state index is 0.349. The molecular weight excluding hydrogens is 765 g/mol. The van der Waals surface area contributed by atoms with E-state index in [0.717, 1.165) is 161 Å². The van der Waals surface area contributed by atoms with Gasteiger partial charge in [-0.3, -0.25) is 52.1 Å². The van der Waals surface area contributed by atoms with E-state index in [0.29, 0.717) is 51.4 Å². The molecule has 4 saturated heterocycles. The number of hydrogen-bond donors (Lipinski definition) is 0. The zero-order valence-corrected chi connectivity index (χ0v) is 40.0. The van der Waals surface area contributed by atoms with Crippen LogP contribution in [0.3, 0.4) is 0 Å². The highest BCUT2D eigenvalue weighted by Gasteiger charge is 2.70. The van der Waals surface area contributed by atoms with E-state index in [-0.39, 0.29) is 0 Å². The quantitative estimate of drug-likeness (QED) is 0.0590. The van der Waals surface area contributed by atoms with Crippen LogP contribution in [0, 0.1) is 0 Å². The zero-order chi connectivity index (χ0) is 43.3. The van der Waals surface area contributed by atoms with Crippen LogP contribution in [0.4, 0.5) is 0 Å². The Bertz CT molecular complexity index is 1080. The lowest BCUT2D eigenvalue weighted by Crippen LogP contribution is -2.74. The molecule has 0 amide bonds. The highest BCUT2D eigenvalue weighted by molar-refractivity contribution is 4.86. The summed E-state index contributed by atoms with van der Waals surface area (Å²) < 4.78 is 81.9. The summed E-state index contributed by atoms with van der Waals surface area (Å²) in [5.74, 6) is -10.5. The first kappa shape index (κ1) is 52.2. The van der Waals surface area contributed by atoms with Crippen molar-refractivity contribution in [3.8, 4) is 0 Å². The monoisotopic (exact) mass is 857 g/mol. The third-order valence-corrected chi connectivity index (χ3v) is 12.3. The van der Waals surface area contributed by atoms with Crippen molar-refractivity contribution in [1.29, 1.82) is 0 Å². The van der Waals surface area contributed by atoms with Gasteiger partial charge in [0.15, 0.2) is 12.6 Å². The smallest absolute Gasteiger partial charge is 0.295 e. The molecule has 11 nitrogen and oxygen atoms in total. The van der Waals surface area contributed by atoms with Crippen LogP contribution >= 0.6 is 0 Å². The van der Waals surface area contributed by atoms with Crippen molar-refractivity contribution in [2.45, 2.75) is 316 Å². The van der Waals surface area contributed by atoms with Crippen molar-refractivity contribution in [3.05, 3.63) is 0 Å². The van der Waals surface area contributed by atoms with Crippen LogP contribution in [-0.4, -0.2) is 48.4 Å². The number of fused-ring (bicyclic) bond motifs is 4. The SMILES string of the molecule is CCCCCCC12OC3(CCCCC)OC(CCCCC)OC(CCCCC)(OC4(CCCCC)OC(CCCCC)OC(CCCCC)(O3)OC(CCCCC)(O4)O1)O2. The minimum atomic E-state index is -1.79. The fraction of sp³-hybridized carbons (Fsp3) is 1.00. The summed E-state index contributed by atoms with van der Waals surface area (Å²) >= 11 is 0. The first-order valence-corrected chi connectivity index (χ1v) is 25.7. The molecule has 0 aromatic rings. The van der Waals surface area contributed by atoms with Gasteiger partial charge in [0, 0.05) is 38.5 Å². The molecule has 0 saturated carbocycles. The molecule has 4 aliphatic rings. The first-order valence-electron chi connectivity index (χ1n) is 25.7. The number of ether oxygens (including phenoxy) is 11. The van der Waals surface area contributed by atoms with Crippen LogP contribution in [-0.2, 0) is 52.1 Å². The summed E-state index contributed by atoms with van der Waals surface area (Å²) in [4.78, 5) is 0. The van der Waals surface area contributed by atoms with Crippen molar-refractivity contribution in [1.82, 2.24) is 0 Å². The van der Waals surface area contributed by atoms with Crippen molar-refractivity contribution in [2.75, 3.05) is 0 Å². The van der Waals surface area contributed by atoms with E-state index in [2.05, 4.69) is 55.4 Å². The highest BCUT2D eigenvalue weighted by Crippen LogP contribution is 2.56. The highest BCUT2D eigenvalue weighted by atomic mass is 17.2. The molecular formula is C49H92O11. The van der Waals surface area contributed by atoms with Crippen LogP contribution in [0.1, 0.15) is 267 Å². The average Bonchev–Trinajstić information content (AvgIpc) is 3.18. The Kier molecular flexibility index (Phi) is 23.1. The molecule has 6 bridgehead atoms. The molecule has 60 heavy (non-hydrogen) atoms. The summed E-state index contributed by atoms with van der Waals surface area (Å²) in [6.07, 6.45) is 25.1. The summed E-state index contributed by atoms with van der Waals surface area (Å²) in [6.45, 7) is 17.6. The van der Waals surface area contributed by atoms with Gasteiger partial charge in [-0.1, -0.05) is 165 Å². The fourth-order valence-corrected chi connectivity index (χ4v) is 8.94. The van der Waals surface area contributed by atoms with E-state index in [4.69, 9.17) is 52.1 Å². The first-order chi connectivity index (χ1) is 29.1. The molecule has 4 atom stereocenters. The van der Waals surface area contributed by atoms with Gasteiger partial charge < -0.3 is 0 Å². The molecule has 0 aromatic heterocycles. The molecule has 11 heteroatoms. The normalized spacial score (nSPS) is 34.2. The van der Waals surface area contributed by atoms with Gasteiger partial charge in [-0.15, -0.1) is 0 Å². The zero-order valence-electron chi connectivity index (χ0n) is 40.0. The predicted octanol–water partition coefficient (Wildman–Crippen LogP) is 14.8. The third kappa shape index (κ3) is 15.6. The molecule has 0 radical (unpaired) electrons. The van der Waals surface area contributed by atoms with Crippen molar-refractivity contribution in [2.24, 2.45) is 0 Å². The Hall–Kier alpha value is -0.440. The van der Waals surface area contributed by atoms with Gasteiger partial charge in [-0.2, -0.15) is 0 Å². The van der Waals surface area contributed by atoms with E-state index in [9.17, 15) is 0 Å². The lowest BCUT2D eigenvalue weighted by molar-refractivity contribution is -0.738. The van der Waals surface area contributed by atoms with Gasteiger partial charge in [-0.05, 0) is 64.2 Å². The summed E-state index contributed by atoms with van der Waals surface area (Å²) in [5.41, 5.74) is 0. The molecule has 0 spiro atoms. The second-order valence-electron chi connectivity index (χ2n) is 18.2. The Labute approximate surface area is 366 Å². The van der Waals surface area contributed by atoms with Gasteiger partial charge in [0.1, 0.15) is 0 Å². The van der Waals surface area contributed by atoms with E-state index < -0.39 is 48.4 Å². The topological polar surface area (TPSA) is 102 Å². The lowest BCUT2D eigenvalue weighted by atomic mass is 10.1. The van der Waals surface area contributed by atoms with Crippen molar-refractivity contribution < 1.29 is 52.1 Å². The number of unbranched alkanes of at least 4 members (excludes halogenated alkanes) is 17. The van der Waals surface area contributed by atoms with E-state index >= 15 is 0 Å². The second kappa shape index (κ2) is 26.5. The van der Waals surface area contributed by atoms with Gasteiger partial charge in [0.2, 0.25) is 0 Å². The Balaban J connectivity index is 2.09. The van der Waals surface area contributed by atoms with E-state index in [1.807, 2.05) is 0 Å². The Morgan fingerprint density at radius 1 is 0.233 bits per heavy atom. The van der Waals surface area contributed by atoms with Crippen LogP contribution in [0.15, 0.2) is 0 Å². The maximum atomic E-state index is 7.53. The van der Waals surface area contributed by atoms with Gasteiger partial charge >= 0.3 is 0 Å². The van der Waals surface area contributed by atoms with Gasteiger partial charge in [-0.25, -0.2) is 0 Å². The van der Waals surface area contributed by atoms with E-state index in [1.54, 1.807) is 0 Å². The van der Waals surface area contributed by atoms with Crippen molar-refractivity contribution in [3.63, 3.8) is 0 Å². The van der Waals surface area contributed by atoms with Crippen LogP contribution < -0.4 is 0 Å². The molecule has 0 N–H and O–H groups in total. The molecule has 4 rings (SSSR count). The minimum Gasteiger partial charge on any atom is -0.297 e. The fourth-order valence-electron chi connectivity index (χ4n) is 8.94. The maximum Gasteiger partial charge on any atom is 0.295 e. The standard InChI is InChI=1S/C49H92O11/c1-9-17-25-33-41-49-58-46(38-30-22-14-6)52-43(35-27-19-11-3)53-47(59-49,39-31-23-15-7)55-45(37-29-21-13-5)51-42(34-26-18-10-2)50-44(54-46,36-28-20-12-4)56-48(57-45,60-49)40-32-24-16-8/h42-43H,9-41H2,1-8H3. The summed E-state index contributed by atoms with van der Waals surface area (Å²) in [7, 11) is 0. The van der Waals surface area contributed by atoms with Gasteiger partial charge in [0.05, 0.1) is 0 Å². The Morgan fingerprint density at radius 3 is 0.717 bits per heavy atom. The molecule has 4 heterocycles. The molecule has 354 valence electrons. The Morgan fingerprint density at radius 2 is 0.433 bits per heavy atom. The third-order valence-electron chi connectivity index (χ3n) is 12.3. The molecule has 4 unspecified atom stereocenters. The van der Waals surface area contributed by atoms with Crippen molar-refractivity contribution >= 4 is 0 Å². The average molecular weight is 857 g/mol. The molecule has 0 aromatic carbocycles. The lowest BCUT2D eigenvalue weighted by Gasteiger charge is -2.61. The van der Waals surface area contributed by atoms with Crippen LogP contribution in [0.5, 0.6) is 0 Å². The summed E-state index contributed by atoms with van der Waals surface area (Å²) in [6, 6.07) is 0. The second-order valence-corrected chi connectivity index (χ2v) is 18.2.